The fourth-order valence-corrected chi connectivity index (χ4v) is 26.3. The van der Waals surface area contributed by atoms with Gasteiger partial charge in [-0.2, -0.15) is 0 Å². The van der Waals surface area contributed by atoms with Crippen molar-refractivity contribution >= 4 is 159 Å². The standard InChI is InChI=1S/C138H102N4O2Si2/c1-145(2,3)111-79-75-106(76-80-111)139(101-35-15-8-16-36-101)104-67-55-93(56-68-104)99-63-83-119-129-89-125-117-45-23-21-43-115(117)123(87-127(125)121-47-29-51-133(137(121)129)143-135(119)85-99)97-59-71-105(72-60-97)140(102-37-17-9-18-38-102)107-77-81-112(82-78-107)146(4,5)91-92-53-65-108(66-54-92)142(132-50-28-26-42-114(132)96-33-13-7-14-34-96)110-73-61-98(62-74-110)124-88-128-122-48-30-52-134-138(122)130(90-126(128)118-46-24-22-44-116(118)124)120-84-64-100(86-136(120)144-134)94-57-69-109(70-58-94)141(103-39-19-10-20-40-103)131-49-27-25-41-113(131)95-31-11-6-12-32-95/h6-90H,91H2,1-5H3. The Morgan fingerprint density at radius 3 is 0.842 bits per heavy atom. The summed E-state index contributed by atoms with van der Waals surface area (Å²) in [6.07, 6.45) is 0. The maximum atomic E-state index is 7.07. The summed E-state index contributed by atoms with van der Waals surface area (Å²) < 4.78 is 14.1. The fourth-order valence-electron chi connectivity index (χ4n) is 22.7. The zero-order valence-electron chi connectivity index (χ0n) is 81.9. The lowest BCUT2D eigenvalue weighted by molar-refractivity contribution is 0.487. The second-order valence-corrected chi connectivity index (χ2v) is 50.1. The van der Waals surface area contributed by atoms with Crippen LogP contribution in [-0.4, -0.2) is 16.1 Å². The minimum Gasteiger partial charge on any atom is -0.456 e. The van der Waals surface area contributed by atoms with Gasteiger partial charge in [-0.3, -0.25) is 0 Å². The molecule has 0 N–H and O–H groups in total. The van der Waals surface area contributed by atoms with Crippen molar-refractivity contribution in [3.63, 3.8) is 0 Å². The molecule has 8 heteroatoms. The Kier molecular flexibility index (Phi) is 22.1. The first-order valence-corrected chi connectivity index (χ1v) is 57.3. The van der Waals surface area contributed by atoms with Crippen molar-refractivity contribution in [1.82, 2.24) is 0 Å². The number of anilines is 12. The Morgan fingerprint density at radius 2 is 0.452 bits per heavy atom. The minimum absolute atomic E-state index is 0.845. The summed E-state index contributed by atoms with van der Waals surface area (Å²) in [5.41, 5.74) is 32.8. The Morgan fingerprint density at radius 1 is 0.171 bits per heavy atom. The predicted octanol–water partition coefficient (Wildman–Crippen LogP) is 38.3. The van der Waals surface area contributed by atoms with Gasteiger partial charge in [0.05, 0.1) is 27.5 Å². The Hall–Kier alpha value is -17.9. The number of rotatable bonds is 22. The van der Waals surface area contributed by atoms with Gasteiger partial charge >= 0.3 is 0 Å². The molecule has 0 spiro atoms. The third kappa shape index (κ3) is 16.0. The SMILES string of the molecule is C[Si](C)(C)c1ccc(N(c2ccccc2)c2ccc(-c3ccc4c(c3)Oc3cccc5c3c-4cc3c4ccccc4c(-c4ccc(N(c6ccccc6)c6ccc([Si](C)(C)Cc7ccc(N(c8ccc(-c9cc%10c%11cccc%12c%11c(cc%10c%10ccccc9%10)-c9ccc(-c%10ccc(N(c%11ccccc%11)c%11ccccc%11-c%11ccccc%11)cc%10)cc9O%12)cc8)c8ccccc8-c8ccccc8)cc7)cc6)cc4)cc53)cc2)cc1. The van der Waals surface area contributed by atoms with Crippen LogP contribution in [0.2, 0.25) is 32.7 Å². The topological polar surface area (TPSA) is 31.4 Å². The third-order valence-electron chi connectivity index (χ3n) is 29.9. The van der Waals surface area contributed by atoms with E-state index in [1.807, 2.05) is 0 Å². The van der Waals surface area contributed by atoms with Crippen LogP contribution >= 0.6 is 0 Å². The highest BCUT2D eigenvalue weighted by Crippen LogP contribution is 2.56. The summed E-state index contributed by atoms with van der Waals surface area (Å²) in [5, 5.41) is 17.1. The highest BCUT2D eigenvalue weighted by molar-refractivity contribution is 6.89. The highest BCUT2D eigenvalue weighted by atomic mass is 28.3. The van der Waals surface area contributed by atoms with E-state index in [-0.39, 0.29) is 0 Å². The quantitative estimate of drug-likeness (QED) is 0.0497. The Balaban J connectivity index is 0.469. The second-order valence-electron chi connectivity index (χ2n) is 40.3. The number of nitrogens with zero attached hydrogens (tertiary/aromatic N) is 4. The van der Waals surface area contributed by atoms with Gasteiger partial charge in [-0.15, -0.1) is 0 Å². The van der Waals surface area contributed by atoms with Gasteiger partial charge in [0, 0.05) is 89.9 Å². The first-order valence-electron chi connectivity index (χ1n) is 50.6. The van der Waals surface area contributed by atoms with Gasteiger partial charge < -0.3 is 29.1 Å². The number of hydrogen-bond acceptors (Lipinski definition) is 6. The molecule has 6 nitrogen and oxygen atoms in total. The van der Waals surface area contributed by atoms with Crippen LogP contribution in [0.1, 0.15) is 5.56 Å². The molecule has 0 atom stereocenters. The van der Waals surface area contributed by atoms with E-state index in [2.05, 4.69) is 568 Å². The summed E-state index contributed by atoms with van der Waals surface area (Å²) in [4.78, 5) is 9.54. The maximum absolute atomic E-state index is 7.07. The van der Waals surface area contributed by atoms with Crippen LogP contribution in [0.25, 0.3) is 154 Å². The molecule has 0 fully saturated rings. The number of hydrogen-bond donors (Lipinski definition) is 0. The Labute approximate surface area is 854 Å². The lowest BCUT2D eigenvalue weighted by Gasteiger charge is -2.29. The second kappa shape index (κ2) is 36.6. The molecule has 0 saturated heterocycles. The van der Waals surface area contributed by atoms with E-state index in [1.54, 1.807) is 0 Å². The molecule has 24 aromatic carbocycles. The molecule has 26 rings (SSSR count). The van der Waals surface area contributed by atoms with Gasteiger partial charge in [0.2, 0.25) is 0 Å². The third-order valence-corrected chi connectivity index (χ3v) is 35.2. The van der Waals surface area contributed by atoms with Crippen molar-refractivity contribution in [2.75, 3.05) is 19.6 Å². The lowest BCUT2D eigenvalue weighted by Crippen LogP contribution is -2.44. The van der Waals surface area contributed by atoms with E-state index in [1.165, 1.54) is 97.8 Å². The summed E-state index contributed by atoms with van der Waals surface area (Å²) >= 11 is 0. The molecule has 2 heterocycles. The van der Waals surface area contributed by atoms with Crippen LogP contribution in [0, 0.1) is 0 Å². The molecule has 0 saturated carbocycles. The minimum atomic E-state index is -2.12. The predicted molar refractivity (Wildman–Crippen MR) is 624 cm³/mol. The molecule has 0 bridgehead atoms. The lowest BCUT2D eigenvalue weighted by atomic mass is 9.86. The van der Waals surface area contributed by atoms with Crippen molar-refractivity contribution in [3.05, 3.63) is 521 Å². The Bertz CT molecular complexity index is 9140. The van der Waals surface area contributed by atoms with Crippen molar-refractivity contribution < 1.29 is 9.47 Å². The molecular formula is C138H102N4O2Si2. The van der Waals surface area contributed by atoms with Crippen LogP contribution < -0.4 is 39.4 Å². The fraction of sp³-hybridized carbons (Fsp3) is 0.0435. The molecule has 146 heavy (non-hydrogen) atoms. The molecule has 2 aliphatic heterocycles. The average molecular weight is 1900 g/mol. The van der Waals surface area contributed by atoms with Gasteiger partial charge in [-0.05, 0) is 321 Å². The van der Waals surface area contributed by atoms with Gasteiger partial charge in [-0.1, -0.05) is 370 Å². The van der Waals surface area contributed by atoms with E-state index in [0.717, 1.165) is 169 Å². The van der Waals surface area contributed by atoms with Crippen LogP contribution in [0.4, 0.5) is 68.2 Å². The molecule has 24 aromatic rings. The van der Waals surface area contributed by atoms with Crippen molar-refractivity contribution in [3.8, 4) is 112 Å². The van der Waals surface area contributed by atoms with Crippen LogP contribution in [0.15, 0.2) is 516 Å². The number of fused-ring (bicyclic) bond motifs is 12. The van der Waals surface area contributed by atoms with Crippen molar-refractivity contribution in [1.29, 1.82) is 0 Å². The summed E-state index contributed by atoms with van der Waals surface area (Å²) in [6.45, 7) is 12.2. The van der Waals surface area contributed by atoms with E-state index in [9.17, 15) is 0 Å². The number of ether oxygens (including phenoxy) is 2. The zero-order chi connectivity index (χ0) is 97.7. The molecule has 0 unspecified atom stereocenters. The summed E-state index contributed by atoms with van der Waals surface area (Å²) in [6, 6.07) is 191. The van der Waals surface area contributed by atoms with Crippen LogP contribution in [-0.2, 0) is 6.04 Å². The summed E-state index contributed by atoms with van der Waals surface area (Å²) in [7, 11) is -3.60. The van der Waals surface area contributed by atoms with E-state index in [4.69, 9.17) is 9.47 Å². The van der Waals surface area contributed by atoms with Crippen molar-refractivity contribution in [2.45, 2.75) is 38.8 Å². The van der Waals surface area contributed by atoms with Crippen LogP contribution in [0.3, 0.4) is 0 Å². The van der Waals surface area contributed by atoms with E-state index < -0.39 is 16.1 Å². The normalized spacial score (nSPS) is 12.0. The van der Waals surface area contributed by atoms with Gasteiger partial charge in [0.25, 0.3) is 0 Å². The van der Waals surface area contributed by atoms with E-state index in [0.29, 0.717) is 0 Å². The van der Waals surface area contributed by atoms with Crippen LogP contribution in [0.5, 0.6) is 23.0 Å². The maximum Gasteiger partial charge on any atom is 0.135 e. The molecule has 2 aliphatic rings. The largest absolute Gasteiger partial charge is 0.456 e. The smallest absolute Gasteiger partial charge is 0.135 e. The first-order chi connectivity index (χ1) is 71.7. The van der Waals surface area contributed by atoms with Gasteiger partial charge in [0.1, 0.15) is 23.0 Å². The molecular weight excluding hydrogens is 1800 g/mol. The molecule has 0 radical (unpaired) electrons. The van der Waals surface area contributed by atoms with E-state index >= 15 is 0 Å². The highest BCUT2D eigenvalue weighted by Gasteiger charge is 2.32. The monoisotopic (exact) mass is 1900 g/mol. The van der Waals surface area contributed by atoms with Gasteiger partial charge in [0.15, 0.2) is 0 Å². The zero-order valence-corrected chi connectivity index (χ0v) is 83.9. The number of para-hydroxylation sites is 5. The molecule has 0 aromatic heterocycles. The average Bonchev–Trinajstić information content (AvgIpc) is 0.715. The molecule has 0 aliphatic carbocycles. The molecule has 694 valence electrons. The number of benzene rings is 24. The van der Waals surface area contributed by atoms with Crippen molar-refractivity contribution in [2.24, 2.45) is 0 Å². The first kappa shape index (κ1) is 88.3. The van der Waals surface area contributed by atoms with Gasteiger partial charge in [-0.25, -0.2) is 0 Å². The summed E-state index contributed by atoms with van der Waals surface area (Å²) in [5.74, 6) is 3.42. The molecule has 0 amide bonds.